The summed E-state index contributed by atoms with van der Waals surface area (Å²) >= 11 is 0. The minimum Gasteiger partial charge on any atom is -0.480 e. The van der Waals surface area contributed by atoms with Crippen LogP contribution in [0.15, 0.2) is 24.3 Å². The second-order valence-electron chi connectivity index (χ2n) is 5.42. The van der Waals surface area contributed by atoms with E-state index in [-0.39, 0.29) is 5.92 Å². The Balaban J connectivity index is 2.73. The Hall–Kier alpha value is -1.88. The van der Waals surface area contributed by atoms with Gasteiger partial charge in [-0.05, 0) is 24.8 Å². The highest BCUT2D eigenvalue weighted by Crippen LogP contribution is 2.13. The van der Waals surface area contributed by atoms with Crippen molar-refractivity contribution in [3.05, 3.63) is 35.4 Å². The van der Waals surface area contributed by atoms with Gasteiger partial charge in [0.25, 0.3) is 0 Å². The topological polar surface area (TPSA) is 92.4 Å². The first-order valence-corrected chi connectivity index (χ1v) is 6.66. The second-order valence-corrected chi connectivity index (χ2v) is 5.42. The Morgan fingerprint density at radius 1 is 1.25 bits per heavy atom. The molecule has 1 amide bonds. The van der Waals surface area contributed by atoms with E-state index in [1.165, 1.54) is 0 Å². The number of hydrogen-bond acceptors (Lipinski definition) is 3. The Labute approximate surface area is 119 Å². The first kappa shape index (κ1) is 16.2. The smallest absolute Gasteiger partial charge is 0.326 e. The monoisotopic (exact) mass is 278 g/mol. The molecule has 0 radical (unpaired) electrons. The van der Waals surface area contributed by atoms with Crippen LogP contribution in [0, 0.1) is 12.8 Å². The first-order chi connectivity index (χ1) is 9.31. The van der Waals surface area contributed by atoms with Gasteiger partial charge in [-0.1, -0.05) is 43.7 Å². The SMILES string of the molecule is Cc1ccc(C(N)C(=O)N[C@@H](CC(C)C)C(=O)O)cc1. The van der Waals surface area contributed by atoms with Crippen molar-refractivity contribution in [1.82, 2.24) is 5.32 Å². The summed E-state index contributed by atoms with van der Waals surface area (Å²) in [4.78, 5) is 23.1. The maximum atomic E-state index is 12.0. The summed E-state index contributed by atoms with van der Waals surface area (Å²) in [5.74, 6) is -1.34. The lowest BCUT2D eigenvalue weighted by Crippen LogP contribution is -2.45. The fraction of sp³-hybridized carbons (Fsp3) is 0.467. The van der Waals surface area contributed by atoms with E-state index in [1.54, 1.807) is 12.1 Å². The standard InChI is InChI=1S/C15H22N2O3/c1-9(2)8-12(15(19)20)17-14(18)13(16)11-6-4-10(3)5-7-11/h4-7,9,12-13H,8,16H2,1-3H3,(H,17,18)(H,19,20)/t12-,13?/m0/s1. The number of amides is 1. The predicted octanol–water partition coefficient (Wildman–Crippen LogP) is 1.61. The summed E-state index contributed by atoms with van der Waals surface area (Å²) < 4.78 is 0. The van der Waals surface area contributed by atoms with E-state index in [0.29, 0.717) is 12.0 Å². The molecule has 1 aromatic rings. The lowest BCUT2D eigenvalue weighted by atomic mass is 10.0. The molecule has 2 atom stereocenters. The van der Waals surface area contributed by atoms with Gasteiger partial charge in [0.2, 0.25) is 5.91 Å². The van der Waals surface area contributed by atoms with Crippen LogP contribution in [-0.4, -0.2) is 23.0 Å². The number of rotatable bonds is 6. The van der Waals surface area contributed by atoms with E-state index < -0.39 is 24.0 Å². The van der Waals surface area contributed by atoms with Gasteiger partial charge in [0, 0.05) is 0 Å². The third kappa shape index (κ3) is 4.66. The Morgan fingerprint density at radius 2 is 1.80 bits per heavy atom. The molecule has 0 aromatic heterocycles. The van der Waals surface area contributed by atoms with Crippen LogP contribution in [-0.2, 0) is 9.59 Å². The number of aliphatic carboxylic acids is 1. The fourth-order valence-corrected chi connectivity index (χ4v) is 1.88. The Kier molecular flexibility index (Phi) is 5.70. The zero-order valence-corrected chi connectivity index (χ0v) is 12.1. The van der Waals surface area contributed by atoms with Gasteiger partial charge in [-0.3, -0.25) is 4.79 Å². The van der Waals surface area contributed by atoms with Crippen LogP contribution in [0.5, 0.6) is 0 Å². The molecule has 5 heteroatoms. The molecule has 0 heterocycles. The zero-order valence-electron chi connectivity index (χ0n) is 12.1. The number of hydrogen-bond donors (Lipinski definition) is 3. The number of nitrogens with one attached hydrogen (secondary N) is 1. The Morgan fingerprint density at radius 3 is 2.25 bits per heavy atom. The van der Waals surface area contributed by atoms with E-state index in [9.17, 15) is 9.59 Å². The van der Waals surface area contributed by atoms with E-state index in [1.807, 2.05) is 32.9 Å². The number of benzene rings is 1. The summed E-state index contributed by atoms with van der Waals surface area (Å²) in [6.07, 6.45) is 0.377. The average molecular weight is 278 g/mol. The molecular formula is C15H22N2O3. The normalized spacial score (nSPS) is 13.8. The van der Waals surface area contributed by atoms with Crippen LogP contribution in [0.2, 0.25) is 0 Å². The van der Waals surface area contributed by atoms with Crippen molar-refractivity contribution in [1.29, 1.82) is 0 Å². The summed E-state index contributed by atoms with van der Waals surface area (Å²) in [7, 11) is 0. The minimum absolute atomic E-state index is 0.173. The largest absolute Gasteiger partial charge is 0.480 e. The summed E-state index contributed by atoms with van der Waals surface area (Å²) in [6, 6.07) is 5.52. The molecule has 1 unspecified atom stereocenters. The highest BCUT2D eigenvalue weighted by Gasteiger charge is 2.24. The van der Waals surface area contributed by atoms with Crippen LogP contribution in [0.1, 0.15) is 37.4 Å². The molecule has 4 N–H and O–H groups in total. The molecule has 20 heavy (non-hydrogen) atoms. The second kappa shape index (κ2) is 7.05. The van der Waals surface area contributed by atoms with Crippen molar-refractivity contribution in [2.45, 2.75) is 39.3 Å². The lowest BCUT2D eigenvalue weighted by Gasteiger charge is -2.19. The molecule has 110 valence electrons. The van der Waals surface area contributed by atoms with Crippen molar-refractivity contribution >= 4 is 11.9 Å². The quantitative estimate of drug-likeness (QED) is 0.737. The van der Waals surface area contributed by atoms with E-state index >= 15 is 0 Å². The molecule has 0 spiro atoms. The molecule has 0 aliphatic rings. The van der Waals surface area contributed by atoms with E-state index in [4.69, 9.17) is 10.8 Å². The fourth-order valence-electron chi connectivity index (χ4n) is 1.88. The van der Waals surface area contributed by atoms with Gasteiger partial charge < -0.3 is 16.2 Å². The zero-order chi connectivity index (χ0) is 15.3. The molecule has 5 nitrogen and oxygen atoms in total. The summed E-state index contributed by atoms with van der Waals surface area (Å²) in [6.45, 7) is 5.75. The van der Waals surface area contributed by atoms with Gasteiger partial charge in [0.1, 0.15) is 12.1 Å². The molecule has 0 saturated heterocycles. The Bertz CT molecular complexity index is 469. The van der Waals surface area contributed by atoms with Gasteiger partial charge in [-0.25, -0.2) is 4.79 Å². The molecule has 0 aliphatic heterocycles. The highest BCUT2D eigenvalue weighted by molar-refractivity contribution is 5.87. The molecule has 1 rings (SSSR count). The molecule has 0 fully saturated rings. The minimum atomic E-state index is -1.04. The van der Waals surface area contributed by atoms with Crippen LogP contribution in [0.25, 0.3) is 0 Å². The van der Waals surface area contributed by atoms with E-state index in [2.05, 4.69) is 5.32 Å². The van der Waals surface area contributed by atoms with Crippen LogP contribution in [0.4, 0.5) is 0 Å². The van der Waals surface area contributed by atoms with Crippen molar-refractivity contribution in [2.24, 2.45) is 11.7 Å². The van der Waals surface area contributed by atoms with Crippen molar-refractivity contribution in [3.63, 3.8) is 0 Å². The van der Waals surface area contributed by atoms with Crippen molar-refractivity contribution < 1.29 is 14.7 Å². The van der Waals surface area contributed by atoms with Crippen LogP contribution < -0.4 is 11.1 Å². The first-order valence-electron chi connectivity index (χ1n) is 6.66. The maximum Gasteiger partial charge on any atom is 0.326 e. The van der Waals surface area contributed by atoms with Gasteiger partial charge >= 0.3 is 5.97 Å². The predicted molar refractivity (Wildman–Crippen MR) is 77.1 cm³/mol. The van der Waals surface area contributed by atoms with Gasteiger partial charge in [0.05, 0.1) is 0 Å². The number of carbonyl (C=O) groups excluding carboxylic acids is 1. The third-order valence-electron chi connectivity index (χ3n) is 3.04. The molecule has 0 bridgehead atoms. The van der Waals surface area contributed by atoms with Crippen LogP contribution in [0.3, 0.4) is 0 Å². The number of carboxylic acid groups (broad SMARTS) is 1. The van der Waals surface area contributed by atoms with E-state index in [0.717, 1.165) is 5.56 Å². The molecular weight excluding hydrogens is 256 g/mol. The molecule has 0 aliphatic carbocycles. The van der Waals surface area contributed by atoms with Crippen molar-refractivity contribution in [3.8, 4) is 0 Å². The molecule has 0 saturated carbocycles. The maximum absolute atomic E-state index is 12.0. The average Bonchev–Trinajstić information content (AvgIpc) is 2.37. The van der Waals surface area contributed by atoms with Gasteiger partial charge in [0.15, 0.2) is 0 Å². The molecule has 1 aromatic carbocycles. The number of nitrogens with two attached hydrogens (primary N) is 1. The number of aryl methyl sites for hydroxylation is 1. The van der Waals surface area contributed by atoms with Crippen LogP contribution >= 0.6 is 0 Å². The number of carboxylic acids is 1. The lowest BCUT2D eigenvalue weighted by molar-refractivity contribution is -0.142. The van der Waals surface area contributed by atoms with Gasteiger partial charge in [-0.2, -0.15) is 0 Å². The van der Waals surface area contributed by atoms with Crippen molar-refractivity contribution in [2.75, 3.05) is 0 Å². The summed E-state index contributed by atoms with van der Waals surface area (Å²) in [5.41, 5.74) is 7.60. The summed E-state index contributed by atoms with van der Waals surface area (Å²) in [5, 5.41) is 11.6. The van der Waals surface area contributed by atoms with Gasteiger partial charge in [-0.15, -0.1) is 0 Å². The third-order valence-corrected chi connectivity index (χ3v) is 3.04. The highest BCUT2D eigenvalue weighted by atomic mass is 16.4. The number of carbonyl (C=O) groups is 2.